The van der Waals surface area contributed by atoms with Gasteiger partial charge in [-0.25, -0.2) is 9.48 Å². The van der Waals surface area contributed by atoms with Gasteiger partial charge in [-0.1, -0.05) is 23.7 Å². The van der Waals surface area contributed by atoms with Crippen LogP contribution in [0.15, 0.2) is 54.9 Å². The summed E-state index contributed by atoms with van der Waals surface area (Å²) in [5.74, 6) is -0.741. The van der Waals surface area contributed by atoms with E-state index in [0.29, 0.717) is 22.4 Å². The number of thiophene rings is 1. The quantitative estimate of drug-likeness (QED) is 0.164. The number of fused-ring (bicyclic) bond motifs is 1. The Morgan fingerprint density at radius 3 is 2.53 bits per heavy atom. The molecule has 0 spiro atoms. The third kappa shape index (κ3) is 7.18. The summed E-state index contributed by atoms with van der Waals surface area (Å²) < 4.78 is 47.0. The molecule has 0 radical (unpaired) electrons. The van der Waals surface area contributed by atoms with E-state index in [9.17, 15) is 27.6 Å². The van der Waals surface area contributed by atoms with Gasteiger partial charge >= 0.3 is 12.3 Å². The number of anilines is 1. The van der Waals surface area contributed by atoms with E-state index >= 15 is 0 Å². The predicted molar refractivity (Wildman–Crippen MR) is 166 cm³/mol. The van der Waals surface area contributed by atoms with Crippen LogP contribution in [0.25, 0.3) is 5.69 Å². The fourth-order valence-electron chi connectivity index (χ4n) is 4.78. The van der Waals surface area contributed by atoms with Gasteiger partial charge in [-0.2, -0.15) is 18.3 Å². The van der Waals surface area contributed by atoms with Gasteiger partial charge in [0.05, 0.1) is 40.1 Å². The zero-order valence-corrected chi connectivity index (χ0v) is 26.6. The van der Waals surface area contributed by atoms with Gasteiger partial charge in [0, 0.05) is 29.1 Å². The Hall–Kier alpha value is -3.87. The summed E-state index contributed by atoms with van der Waals surface area (Å²) in [7, 11) is 0. The van der Waals surface area contributed by atoms with Crippen LogP contribution in [-0.2, 0) is 29.8 Å². The van der Waals surface area contributed by atoms with E-state index in [4.69, 9.17) is 27.9 Å². The lowest BCUT2D eigenvalue weighted by Crippen LogP contribution is -2.39. The van der Waals surface area contributed by atoms with Crippen molar-refractivity contribution in [1.29, 1.82) is 0 Å². The second-order valence-corrected chi connectivity index (χ2v) is 13.1. The number of carbonyl (C=O) groups is 3. The van der Waals surface area contributed by atoms with E-state index in [2.05, 4.69) is 10.4 Å². The minimum atomic E-state index is -4.68. The molecule has 1 aliphatic rings. The molecule has 3 heterocycles. The number of rotatable bonds is 6. The maximum absolute atomic E-state index is 14.0. The van der Waals surface area contributed by atoms with Gasteiger partial charge in [0.25, 0.3) is 5.91 Å². The molecule has 0 bridgehead atoms. The maximum atomic E-state index is 14.0. The van der Waals surface area contributed by atoms with Crippen LogP contribution >= 0.6 is 34.5 Å². The van der Waals surface area contributed by atoms with Crippen LogP contribution in [-0.4, -0.2) is 44.6 Å². The highest BCUT2D eigenvalue weighted by molar-refractivity contribution is 7.17. The highest BCUT2D eigenvalue weighted by atomic mass is 35.5. The molecule has 0 atom stereocenters. The van der Waals surface area contributed by atoms with Crippen molar-refractivity contribution in [3.05, 3.63) is 98.1 Å². The number of amides is 2. The van der Waals surface area contributed by atoms with Gasteiger partial charge in [0.15, 0.2) is 5.78 Å². The molecule has 0 saturated carbocycles. The lowest BCUT2D eigenvalue weighted by atomic mass is 9.97. The van der Waals surface area contributed by atoms with Crippen molar-refractivity contribution in [3.63, 3.8) is 0 Å². The minimum absolute atomic E-state index is 0.0545. The highest BCUT2D eigenvalue weighted by Crippen LogP contribution is 2.40. The molecule has 2 aromatic heterocycles. The molecule has 4 aromatic rings. The average Bonchev–Trinajstić information content (AvgIpc) is 3.60. The van der Waals surface area contributed by atoms with Crippen molar-refractivity contribution < 1.29 is 32.3 Å². The Labute approximate surface area is 270 Å². The van der Waals surface area contributed by atoms with Crippen molar-refractivity contribution in [2.45, 2.75) is 51.4 Å². The normalized spacial score (nSPS) is 13.4. The molecule has 0 unspecified atom stereocenters. The van der Waals surface area contributed by atoms with Crippen molar-refractivity contribution in [3.8, 4) is 5.69 Å². The Balaban J connectivity index is 1.51. The number of hydrogen-bond acceptors (Lipinski definition) is 6. The van der Waals surface area contributed by atoms with Gasteiger partial charge in [0.1, 0.15) is 10.6 Å². The first-order chi connectivity index (χ1) is 21.1. The number of halogens is 5. The Bertz CT molecular complexity index is 1800. The third-order valence-electron chi connectivity index (χ3n) is 6.87. The van der Waals surface area contributed by atoms with E-state index in [1.165, 1.54) is 34.7 Å². The standard InChI is InChI=1S/C31H27Cl2F3N4O4S/c1-30(2,3)44-29(43)39-10-9-21-24(16-39)45-28(38-27(42)18-6-4-5-17(11-18)13-32)25(21)26(41)19-14-37-40(15-19)20-7-8-23(33)22(12-20)31(34,35)36/h4-8,11-12,14-15H,9-10,13,16H2,1-3H3,(H,38,42). The number of ketones is 1. The molecule has 0 fully saturated rings. The smallest absolute Gasteiger partial charge is 0.417 e. The van der Waals surface area contributed by atoms with Gasteiger partial charge in [-0.15, -0.1) is 22.9 Å². The van der Waals surface area contributed by atoms with Crippen LogP contribution in [0.4, 0.5) is 23.0 Å². The number of hydrogen-bond donors (Lipinski definition) is 1. The number of nitrogens with zero attached hydrogens (tertiary/aromatic N) is 3. The second-order valence-electron chi connectivity index (χ2n) is 11.3. The summed E-state index contributed by atoms with van der Waals surface area (Å²) in [6.07, 6.45) is -2.30. The summed E-state index contributed by atoms with van der Waals surface area (Å²) in [6, 6.07) is 10.1. The Morgan fingerprint density at radius 2 is 1.84 bits per heavy atom. The zero-order chi connectivity index (χ0) is 32.7. The molecule has 1 aliphatic heterocycles. The molecule has 2 amide bonds. The lowest BCUT2D eigenvalue weighted by Gasteiger charge is -2.30. The summed E-state index contributed by atoms with van der Waals surface area (Å²) in [6.45, 7) is 5.74. The van der Waals surface area contributed by atoms with Gasteiger partial charge < -0.3 is 15.0 Å². The maximum Gasteiger partial charge on any atom is 0.417 e. The predicted octanol–water partition coefficient (Wildman–Crippen LogP) is 8.12. The second kappa shape index (κ2) is 12.5. The van der Waals surface area contributed by atoms with Gasteiger partial charge in [0.2, 0.25) is 0 Å². The molecular weight excluding hydrogens is 652 g/mol. The SMILES string of the molecule is CC(C)(C)OC(=O)N1CCc2c(sc(NC(=O)c3cccc(CCl)c3)c2C(=O)c2cnn(-c3ccc(Cl)c(C(F)(F)F)c3)c2)C1. The first-order valence-corrected chi connectivity index (χ1v) is 15.4. The summed E-state index contributed by atoms with van der Waals surface area (Å²) in [5.41, 5.74) is 0.379. The van der Waals surface area contributed by atoms with E-state index in [1.54, 1.807) is 45.0 Å². The highest BCUT2D eigenvalue weighted by Gasteiger charge is 2.35. The van der Waals surface area contributed by atoms with Crippen molar-refractivity contribution in [2.75, 3.05) is 11.9 Å². The molecule has 0 saturated heterocycles. The third-order valence-corrected chi connectivity index (χ3v) is 8.64. The first-order valence-electron chi connectivity index (χ1n) is 13.7. The largest absolute Gasteiger partial charge is 0.444 e. The monoisotopic (exact) mass is 678 g/mol. The number of alkyl halides is 4. The van der Waals surface area contributed by atoms with E-state index in [1.807, 2.05) is 0 Å². The Morgan fingerprint density at radius 1 is 1.09 bits per heavy atom. The van der Waals surface area contributed by atoms with Crippen LogP contribution in [0.1, 0.15) is 68.6 Å². The van der Waals surface area contributed by atoms with Crippen LogP contribution in [0, 0.1) is 0 Å². The molecule has 45 heavy (non-hydrogen) atoms. The minimum Gasteiger partial charge on any atom is -0.444 e. The van der Waals surface area contributed by atoms with Crippen LogP contribution in [0.2, 0.25) is 5.02 Å². The summed E-state index contributed by atoms with van der Waals surface area (Å²) in [5, 5.41) is 6.79. The summed E-state index contributed by atoms with van der Waals surface area (Å²) in [4.78, 5) is 42.4. The van der Waals surface area contributed by atoms with E-state index in [-0.39, 0.29) is 40.8 Å². The molecule has 14 heteroatoms. The van der Waals surface area contributed by atoms with Crippen LogP contribution in [0.3, 0.4) is 0 Å². The number of benzene rings is 2. The Kier molecular flexibility index (Phi) is 9.03. The molecule has 1 N–H and O–H groups in total. The fraction of sp³-hybridized carbons (Fsp3) is 0.290. The van der Waals surface area contributed by atoms with Gasteiger partial charge in [-0.05, 0) is 68.7 Å². The van der Waals surface area contributed by atoms with E-state index < -0.39 is 40.1 Å². The van der Waals surface area contributed by atoms with Gasteiger partial charge in [-0.3, -0.25) is 9.59 Å². The molecule has 5 rings (SSSR count). The number of nitrogens with one attached hydrogen (secondary N) is 1. The molecule has 0 aliphatic carbocycles. The van der Waals surface area contributed by atoms with Crippen molar-refractivity contribution >= 4 is 57.3 Å². The number of ether oxygens (including phenoxy) is 1. The number of aromatic nitrogens is 2. The van der Waals surface area contributed by atoms with E-state index in [0.717, 1.165) is 22.4 Å². The lowest BCUT2D eigenvalue weighted by molar-refractivity contribution is -0.137. The topological polar surface area (TPSA) is 93.5 Å². The molecule has 236 valence electrons. The summed E-state index contributed by atoms with van der Waals surface area (Å²) >= 11 is 12.9. The van der Waals surface area contributed by atoms with Crippen molar-refractivity contribution in [1.82, 2.24) is 14.7 Å². The first kappa shape index (κ1) is 32.5. The average molecular weight is 680 g/mol. The molecule has 2 aromatic carbocycles. The molecule has 8 nitrogen and oxygen atoms in total. The molecular formula is C31H27Cl2F3N4O4S. The number of carbonyl (C=O) groups excluding carboxylic acids is 3. The van der Waals surface area contributed by atoms with Crippen molar-refractivity contribution in [2.24, 2.45) is 0 Å². The van der Waals surface area contributed by atoms with Crippen LogP contribution < -0.4 is 5.32 Å². The fourth-order valence-corrected chi connectivity index (χ4v) is 6.43. The zero-order valence-electron chi connectivity index (χ0n) is 24.3. The van der Waals surface area contributed by atoms with Crippen LogP contribution in [0.5, 0.6) is 0 Å².